The highest BCUT2D eigenvalue weighted by atomic mass is 35.5. The second-order valence-corrected chi connectivity index (χ2v) is 16.0. The van der Waals surface area contributed by atoms with Gasteiger partial charge in [-0.15, -0.1) is 11.3 Å². The quantitative estimate of drug-likeness (QED) is 0.195. The van der Waals surface area contributed by atoms with E-state index >= 15 is 0 Å². The summed E-state index contributed by atoms with van der Waals surface area (Å²) in [5.41, 5.74) is 7.49. The predicted octanol–water partition coefficient (Wildman–Crippen LogP) is 6.38. The molecule has 1 saturated carbocycles. The first-order valence-corrected chi connectivity index (χ1v) is 19.4. The summed E-state index contributed by atoms with van der Waals surface area (Å²) in [5, 5.41) is 14.0. The molecule has 4 heterocycles. The number of fused-ring (bicyclic) bond motifs is 2. The van der Waals surface area contributed by atoms with Crippen LogP contribution in [0.5, 0.6) is 0 Å². The molecule has 0 unspecified atom stereocenters. The zero-order valence-corrected chi connectivity index (χ0v) is 31.6. The molecule has 1 aliphatic carbocycles. The Balaban J connectivity index is 1.04. The lowest BCUT2D eigenvalue weighted by Crippen LogP contribution is -2.36. The Morgan fingerprint density at radius 2 is 1.73 bits per heavy atom. The van der Waals surface area contributed by atoms with Gasteiger partial charge in [0, 0.05) is 61.4 Å². The minimum absolute atomic E-state index is 0.128. The van der Waals surface area contributed by atoms with Crippen molar-refractivity contribution in [3.05, 3.63) is 74.8 Å². The summed E-state index contributed by atoms with van der Waals surface area (Å²) in [6.45, 7) is 9.56. The number of hydrogen-bond acceptors (Lipinski definition) is 8. The number of nitrogens with one attached hydrogen (secondary N) is 1. The van der Waals surface area contributed by atoms with Crippen molar-refractivity contribution in [3.63, 3.8) is 0 Å². The minimum atomic E-state index is -0.281. The monoisotopic (exact) mass is 729 g/mol. The third-order valence-electron chi connectivity index (χ3n) is 11.1. The van der Waals surface area contributed by atoms with E-state index in [1.165, 1.54) is 12.8 Å². The standard InChI is InChI=1S/C39H48ClN7O3S/c1-5-44(3)22-35(49)47-20-32-34(21-47)51-39(43-32)28-9-6-8-27(24(28)2)29-10-7-11-30(36(29)40)42-38(50)37-41-31-19-46(17-16-33(31)45(37)4)18-25-12-14-26(23-48)15-13-25/h6-11,25-26,48H,5,12-23H2,1-4H3,(H,42,50). The second-order valence-electron chi connectivity index (χ2n) is 14.5. The Labute approximate surface area is 309 Å². The molecule has 4 aromatic rings. The van der Waals surface area contributed by atoms with Crippen molar-refractivity contribution in [2.75, 3.05) is 45.2 Å². The summed E-state index contributed by atoms with van der Waals surface area (Å²) in [6, 6.07) is 11.9. The van der Waals surface area contributed by atoms with E-state index in [0.717, 1.165) is 94.7 Å². The van der Waals surface area contributed by atoms with Gasteiger partial charge in [0.2, 0.25) is 5.91 Å². The fourth-order valence-corrected chi connectivity index (χ4v) is 9.30. The number of carbonyl (C=O) groups excluding carboxylic acids is 2. The van der Waals surface area contributed by atoms with Crippen LogP contribution in [0.1, 0.15) is 70.7 Å². The highest BCUT2D eigenvalue weighted by molar-refractivity contribution is 7.15. The van der Waals surface area contributed by atoms with Crippen LogP contribution in [-0.4, -0.2) is 86.0 Å². The van der Waals surface area contributed by atoms with Gasteiger partial charge in [-0.25, -0.2) is 9.97 Å². The lowest BCUT2D eigenvalue weighted by atomic mass is 9.82. The maximum Gasteiger partial charge on any atom is 0.291 e. The minimum Gasteiger partial charge on any atom is -0.396 e. The Morgan fingerprint density at radius 1 is 1.00 bits per heavy atom. The van der Waals surface area contributed by atoms with E-state index < -0.39 is 0 Å². The van der Waals surface area contributed by atoms with Crippen LogP contribution in [-0.2, 0) is 37.9 Å². The van der Waals surface area contributed by atoms with Gasteiger partial charge < -0.3 is 19.9 Å². The van der Waals surface area contributed by atoms with Crippen LogP contribution in [0, 0.1) is 18.8 Å². The number of aliphatic hydroxyl groups excluding tert-OH is 1. The summed E-state index contributed by atoms with van der Waals surface area (Å²) >= 11 is 8.70. The Bertz CT molecular complexity index is 1910. The van der Waals surface area contributed by atoms with Crippen molar-refractivity contribution < 1.29 is 14.7 Å². The van der Waals surface area contributed by atoms with Gasteiger partial charge in [-0.1, -0.05) is 48.9 Å². The van der Waals surface area contributed by atoms with E-state index in [1.807, 2.05) is 59.7 Å². The normalized spacial score (nSPS) is 19.0. The van der Waals surface area contributed by atoms with Gasteiger partial charge in [-0.3, -0.25) is 19.4 Å². The first-order chi connectivity index (χ1) is 24.6. The molecule has 1 fully saturated rings. The molecule has 0 radical (unpaired) electrons. The van der Waals surface area contributed by atoms with E-state index in [0.29, 0.717) is 54.6 Å². The van der Waals surface area contributed by atoms with Crippen LogP contribution < -0.4 is 5.32 Å². The molecule has 10 nitrogen and oxygen atoms in total. The number of nitrogens with zero attached hydrogens (tertiary/aromatic N) is 6. The van der Waals surface area contributed by atoms with E-state index in [-0.39, 0.29) is 11.8 Å². The number of hydrogen-bond donors (Lipinski definition) is 2. The van der Waals surface area contributed by atoms with Crippen LogP contribution in [0.4, 0.5) is 5.69 Å². The summed E-state index contributed by atoms with van der Waals surface area (Å²) in [4.78, 5) is 43.8. The third-order valence-corrected chi connectivity index (χ3v) is 12.7. The molecule has 270 valence electrons. The van der Waals surface area contributed by atoms with Crippen molar-refractivity contribution in [2.45, 2.75) is 65.6 Å². The topological polar surface area (TPSA) is 107 Å². The van der Waals surface area contributed by atoms with E-state index in [4.69, 9.17) is 21.6 Å². The molecule has 3 aliphatic rings. The summed E-state index contributed by atoms with van der Waals surface area (Å²) in [7, 11) is 3.88. The fraction of sp³-hybridized carbons (Fsp3) is 0.487. The predicted molar refractivity (Wildman–Crippen MR) is 203 cm³/mol. The number of imidazole rings is 1. The van der Waals surface area contributed by atoms with E-state index in [9.17, 15) is 14.7 Å². The van der Waals surface area contributed by atoms with Gasteiger partial charge in [0.25, 0.3) is 5.91 Å². The van der Waals surface area contributed by atoms with Gasteiger partial charge in [-0.2, -0.15) is 0 Å². The summed E-state index contributed by atoms with van der Waals surface area (Å²) in [5.74, 6) is 1.35. The van der Waals surface area contributed by atoms with Crippen LogP contribution in [0.25, 0.3) is 21.7 Å². The smallest absolute Gasteiger partial charge is 0.291 e. The molecule has 2 aromatic heterocycles. The van der Waals surface area contributed by atoms with Gasteiger partial charge in [-0.05, 0) is 75.2 Å². The molecule has 51 heavy (non-hydrogen) atoms. The number of likely N-dealkylation sites (N-methyl/N-ethyl adjacent to an activating group) is 1. The largest absolute Gasteiger partial charge is 0.396 e. The lowest BCUT2D eigenvalue weighted by molar-refractivity contribution is -0.132. The molecule has 2 aliphatic heterocycles. The maximum atomic E-state index is 13.7. The molecule has 12 heteroatoms. The van der Waals surface area contributed by atoms with Gasteiger partial charge in [0.15, 0.2) is 5.82 Å². The van der Waals surface area contributed by atoms with E-state index in [1.54, 1.807) is 11.3 Å². The zero-order valence-electron chi connectivity index (χ0n) is 30.0. The summed E-state index contributed by atoms with van der Waals surface area (Å²) in [6.07, 6.45) is 5.41. The second kappa shape index (κ2) is 15.2. The third kappa shape index (κ3) is 7.37. The number of rotatable bonds is 10. The molecule has 2 N–H and O–H groups in total. The van der Waals surface area contributed by atoms with Crippen molar-refractivity contribution in [2.24, 2.45) is 18.9 Å². The van der Waals surface area contributed by atoms with Gasteiger partial charge in [0.05, 0.1) is 41.7 Å². The lowest BCUT2D eigenvalue weighted by Gasteiger charge is -2.33. The summed E-state index contributed by atoms with van der Waals surface area (Å²) < 4.78 is 1.93. The number of amides is 2. The molecule has 0 atom stereocenters. The number of carbonyl (C=O) groups is 2. The highest BCUT2D eigenvalue weighted by Crippen LogP contribution is 2.41. The molecule has 0 spiro atoms. The van der Waals surface area contributed by atoms with Crippen molar-refractivity contribution in [3.8, 4) is 21.7 Å². The average molecular weight is 730 g/mol. The number of aromatic nitrogens is 3. The first kappa shape index (κ1) is 35.8. The van der Waals surface area contributed by atoms with Gasteiger partial charge >= 0.3 is 0 Å². The highest BCUT2D eigenvalue weighted by Gasteiger charge is 2.30. The van der Waals surface area contributed by atoms with Crippen molar-refractivity contribution >= 4 is 40.4 Å². The molecular weight excluding hydrogens is 682 g/mol. The SMILES string of the molecule is CCN(C)CC(=O)N1Cc2nc(-c3cccc(-c4cccc(NC(=O)c5nc6c(n5C)CCN(CC5CCC(CO)CC5)C6)c4Cl)c3C)sc2C1. The van der Waals surface area contributed by atoms with Crippen LogP contribution >= 0.6 is 22.9 Å². The number of anilines is 1. The van der Waals surface area contributed by atoms with Crippen molar-refractivity contribution in [1.29, 1.82) is 0 Å². The molecule has 0 bridgehead atoms. The number of benzene rings is 2. The molecule has 0 saturated heterocycles. The first-order valence-electron chi connectivity index (χ1n) is 18.2. The molecular formula is C39H48ClN7O3S. The van der Waals surface area contributed by atoms with Crippen LogP contribution in [0.2, 0.25) is 5.02 Å². The molecule has 2 amide bonds. The van der Waals surface area contributed by atoms with Crippen molar-refractivity contribution in [1.82, 2.24) is 29.2 Å². The van der Waals surface area contributed by atoms with E-state index in [2.05, 4.69) is 29.3 Å². The Hall–Kier alpha value is -3.61. The number of aliphatic hydroxyl groups is 1. The molecule has 2 aromatic carbocycles. The Morgan fingerprint density at radius 3 is 2.47 bits per heavy atom. The van der Waals surface area contributed by atoms with Crippen LogP contribution in [0.15, 0.2) is 36.4 Å². The average Bonchev–Trinajstić information content (AvgIpc) is 3.81. The number of thiazole rings is 1. The fourth-order valence-electron chi connectivity index (χ4n) is 7.85. The zero-order chi connectivity index (χ0) is 35.8. The van der Waals surface area contributed by atoms with Crippen LogP contribution in [0.3, 0.4) is 0 Å². The Kier molecular flexibility index (Phi) is 10.6. The number of halogens is 1. The maximum absolute atomic E-state index is 13.7. The molecule has 7 rings (SSSR count). The van der Waals surface area contributed by atoms with Gasteiger partial charge in [0.1, 0.15) is 5.01 Å².